The van der Waals surface area contributed by atoms with Gasteiger partial charge in [-0.3, -0.25) is 14.3 Å². The van der Waals surface area contributed by atoms with Crippen LogP contribution in [0.1, 0.15) is 18.2 Å². The minimum absolute atomic E-state index is 0.254. The van der Waals surface area contributed by atoms with Crippen LogP contribution in [0.3, 0.4) is 0 Å². The molecule has 0 aliphatic carbocycles. The number of nitrogens with zero attached hydrogens (tertiary/aromatic N) is 1. The van der Waals surface area contributed by atoms with Gasteiger partial charge >= 0.3 is 5.69 Å². The smallest absolute Gasteiger partial charge is 0.330 e. The third kappa shape index (κ3) is 2.26. The second kappa shape index (κ2) is 4.50. The fourth-order valence-corrected chi connectivity index (χ4v) is 1.65. The van der Waals surface area contributed by atoms with Gasteiger partial charge < -0.3 is 9.53 Å². The van der Waals surface area contributed by atoms with Crippen molar-refractivity contribution in [3.63, 3.8) is 0 Å². The van der Waals surface area contributed by atoms with E-state index in [0.29, 0.717) is 5.56 Å². The van der Waals surface area contributed by atoms with Gasteiger partial charge in [-0.15, -0.1) is 0 Å². The Labute approximate surface area is 96.5 Å². The summed E-state index contributed by atoms with van der Waals surface area (Å²) < 4.78 is 6.75. The molecule has 1 N–H and O–H groups in total. The number of hydrogen-bond acceptors (Lipinski definition) is 4. The maximum atomic E-state index is 11.6. The zero-order valence-electron chi connectivity index (χ0n) is 9.25. The van der Waals surface area contributed by atoms with Crippen LogP contribution < -0.4 is 11.2 Å². The SMILES string of the molecule is Cc1cn([C@H]2C=C[C@@H](CC=O)O2)c(=O)[nH]c1=O. The standard InChI is InChI=1S/C11H12N2O4/c1-7-6-13(11(16)12-10(7)15)9-3-2-8(17-9)4-5-14/h2-3,5-6,8-9H,4H2,1H3,(H,12,15,16)/t8-,9+/m0/s1. The lowest BCUT2D eigenvalue weighted by Crippen LogP contribution is -2.33. The van der Waals surface area contributed by atoms with Gasteiger partial charge in [-0.1, -0.05) is 6.08 Å². The molecule has 2 atom stereocenters. The Bertz CT molecular complexity index is 570. The molecule has 0 saturated heterocycles. The van der Waals surface area contributed by atoms with Crippen molar-refractivity contribution in [2.24, 2.45) is 0 Å². The summed E-state index contributed by atoms with van der Waals surface area (Å²) in [5.74, 6) is 0. The molecule has 0 fully saturated rings. The van der Waals surface area contributed by atoms with Crippen molar-refractivity contribution >= 4 is 6.29 Å². The van der Waals surface area contributed by atoms with Crippen LogP contribution in [-0.2, 0) is 9.53 Å². The van der Waals surface area contributed by atoms with Gasteiger partial charge in [0.15, 0.2) is 6.23 Å². The highest BCUT2D eigenvalue weighted by Gasteiger charge is 2.21. The first-order valence-corrected chi connectivity index (χ1v) is 5.21. The van der Waals surface area contributed by atoms with Crippen LogP contribution in [0, 0.1) is 6.92 Å². The molecule has 1 aliphatic heterocycles. The van der Waals surface area contributed by atoms with Gasteiger partial charge in [0.05, 0.1) is 6.10 Å². The van der Waals surface area contributed by atoms with Crippen molar-refractivity contribution < 1.29 is 9.53 Å². The van der Waals surface area contributed by atoms with Crippen LogP contribution in [0.4, 0.5) is 0 Å². The minimum Gasteiger partial charge on any atom is -0.346 e. The first-order chi connectivity index (χ1) is 8.11. The van der Waals surface area contributed by atoms with Crippen molar-refractivity contribution in [2.75, 3.05) is 0 Å². The highest BCUT2D eigenvalue weighted by Crippen LogP contribution is 2.20. The van der Waals surface area contributed by atoms with E-state index < -0.39 is 17.5 Å². The van der Waals surface area contributed by atoms with Gasteiger partial charge in [0.25, 0.3) is 5.56 Å². The Morgan fingerprint density at radius 1 is 1.47 bits per heavy atom. The maximum Gasteiger partial charge on any atom is 0.330 e. The summed E-state index contributed by atoms with van der Waals surface area (Å²) in [5, 5.41) is 0. The molecule has 0 aromatic carbocycles. The predicted octanol–water partition coefficient (Wildman–Crippen LogP) is -0.112. The number of rotatable bonds is 3. The molecule has 17 heavy (non-hydrogen) atoms. The molecule has 0 spiro atoms. The topological polar surface area (TPSA) is 81.2 Å². The van der Waals surface area contributed by atoms with E-state index in [-0.39, 0.29) is 12.5 Å². The number of aldehydes is 1. The maximum absolute atomic E-state index is 11.6. The van der Waals surface area contributed by atoms with E-state index in [0.717, 1.165) is 6.29 Å². The third-order valence-electron chi connectivity index (χ3n) is 2.55. The summed E-state index contributed by atoms with van der Waals surface area (Å²) in [6.07, 6.45) is 5.00. The van der Waals surface area contributed by atoms with Gasteiger partial charge in [0, 0.05) is 18.2 Å². The lowest BCUT2D eigenvalue weighted by atomic mass is 10.3. The molecular weight excluding hydrogens is 224 g/mol. The molecule has 0 bridgehead atoms. The fourth-order valence-electron chi connectivity index (χ4n) is 1.65. The number of ether oxygens (including phenoxy) is 1. The molecule has 1 aromatic heterocycles. The van der Waals surface area contributed by atoms with Crippen molar-refractivity contribution in [1.29, 1.82) is 0 Å². The van der Waals surface area contributed by atoms with Gasteiger partial charge in [-0.05, 0) is 13.0 Å². The molecule has 0 radical (unpaired) electrons. The average Bonchev–Trinajstić information content (AvgIpc) is 2.72. The van der Waals surface area contributed by atoms with Crippen molar-refractivity contribution in [1.82, 2.24) is 9.55 Å². The Balaban J connectivity index is 2.29. The largest absolute Gasteiger partial charge is 0.346 e. The molecule has 0 unspecified atom stereocenters. The summed E-state index contributed by atoms with van der Waals surface area (Å²) in [6, 6.07) is 0. The van der Waals surface area contributed by atoms with Crippen LogP contribution in [-0.4, -0.2) is 21.9 Å². The van der Waals surface area contributed by atoms with Crippen LogP contribution in [0.5, 0.6) is 0 Å². The number of aromatic nitrogens is 2. The summed E-state index contributed by atoms with van der Waals surface area (Å²) in [5.41, 5.74) is -0.500. The Hall–Kier alpha value is -1.95. The van der Waals surface area contributed by atoms with E-state index in [1.807, 2.05) is 0 Å². The molecule has 2 rings (SSSR count). The van der Waals surface area contributed by atoms with Crippen LogP contribution >= 0.6 is 0 Å². The predicted molar refractivity (Wildman–Crippen MR) is 59.8 cm³/mol. The first kappa shape index (κ1) is 11.5. The first-order valence-electron chi connectivity index (χ1n) is 5.21. The molecule has 90 valence electrons. The second-order valence-corrected chi connectivity index (χ2v) is 3.83. The number of carbonyl (C=O) groups excluding carboxylic acids is 1. The third-order valence-corrected chi connectivity index (χ3v) is 2.55. The van der Waals surface area contributed by atoms with E-state index >= 15 is 0 Å². The molecule has 1 aliphatic rings. The zero-order valence-corrected chi connectivity index (χ0v) is 9.25. The van der Waals surface area contributed by atoms with Gasteiger partial charge in [0.2, 0.25) is 0 Å². The Morgan fingerprint density at radius 2 is 2.24 bits per heavy atom. The molecule has 0 saturated carbocycles. The number of aromatic amines is 1. The van der Waals surface area contributed by atoms with E-state index in [1.165, 1.54) is 10.8 Å². The van der Waals surface area contributed by atoms with Crippen molar-refractivity contribution in [2.45, 2.75) is 25.7 Å². The molecule has 6 heteroatoms. The summed E-state index contributed by atoms with van der Waals surface area (Å²) in [7, 11) is 0. The van der Waals surface area contributed by atoms with E-state index in [9.17, 15) is 14.4 Å². The summed E-state index contributed by atoms with van der Waals surface area (Å²) in [4.78, 5) is 35.3. The molecule has 6 nitrogen and oxygen atoms in total. The van der Waals surface area contributed by atoms with Gasteiger partial charge in [0.1, 0.15) is 6.29 Å². The monoisotopic (exact) mass is 236 g/mol. The molecule has 0 amide bonds. The second-order valence-electron chi connectivity index (χ2n) is 3.83. The summed E-state index contributed by atoms with van der Waals surface area (Å²) >= 11 is 0. The van der Waals surface area contributed by atoms with Gasteiger partial charge in [-0.2, -0.15) is 0 Å². The number of hydrogen-bond donors (Lipinski definition) is 1. The molecule has 1 aromatic rings. The van der Waals surface area contributed by atoms with Crippen LogP contribution in [0.15, 0.2) is 27.9 Å². The Morgan fingerprint density at radius 3 is 2.94 bits per heavy atom. The fraction of sp³-hybridized carbons (Fsp3) is 0.364. The quantitative estimate of drug-likeness (QED) is 0.586. The molecular formula is C11H12N2O4. The normalized spacial score (nSPS) is 22.9. The Kier molecular flexibility index (Phi) is 3.06. The van der Waals surface area contributed by atoms with Crippen LogP contribution in [0.25, 0.3) is 0 Å². The van der Waals surface area contributed by atoms with E-state index in [4.69, 9.17) is 4.74 Å². The molecule has 2 heterocycles. The minimum atomic E-state index is -0.567. The van der Waals surface area contributed by atoms with E-state index in [2.05, 4.69) is 4.98 Å². The number of carbonyl (C=O) groups is 1. The lowest BCUT2D eigenvalue weighted by molar-refractivity contribution is -0.110. The average molecular weight is 236 g/mol. The highest BCUT2D eigenvalue weighted by molar-refractivity contribution is 5.51. The number of nitrogens with one attached hydrogen (secondary N) is 1. The number of H-pyrrole nitrogens is 1. The van der Waals surface area contributed by atoms with Gasteiger partial charge in [-0.25, -0.2) is 4.79 Å². The van der Waals surface area contributed by atoms with Crippen molar-refractivity contribution in [3.8, 4) is 0 Å². The number of aryl methyl sites for hydroxylation is 1. The summed E-state index contributed by atoms with van der Waals surface area (Å²) in [6.45, 7) is 1.61. The zero-order chi connectivity index (χ0) is 12.4. The van der Waals surface area contributed by atoms with Crippen molar-refractivity contribution in [3.05, 3.63) is 44.8 Å². The highest BCUT2D eigenvalue weighted by atomic mass is 16.5. The van der Waals surface area contributed by atoms with Crippen LogP contribution in [0.2, 0.25) is 0 Å². The lowest BCUT2D eigenvalue weighted by Gasteiger charge is -2.14. The van der Waals surface area contributed by atoms with E-state index in [1.54, 1.807) is 19.1 Å².